The van der Waals surface area contributed by atoms with Gasteiger partial charge in [0.25, 0.3) is 0 Å². The van der Waals surface area contributed by atoms with Crippen molar-refractivity contribution in [3.8, 4) is 0 Å². The van der Waals surface area contributed by atoms with Gasteiger partial charge in [-0.25, -0.2) is 9.59 Å². The van der Waals surface area contributed by atoms with Gasteiger partial charge >= 0.3 is 11.9 Å². The van der Waals surface area contributed by atoms with Crippen LogP contribution in [0.15, 0.2) is 12.1 Å². The molecule has 1 aliphatic rings. The molecule has 0 amide bonds. The summed E-state index contributed by atoms with van der Waals surface area (Å²) in [5.41, 5.74) is 1.50. The number of aromatic carboxylic acids is 2. The minimum absolute atomic E-state index is 0.0144. The fourth-order valence-electron chi connectivity index (χ4n) is 3.05. The zero-order valence-electron chi connectivity index (χ0n) is 11.0. The summed E-state index contributed by atoms with van der Waals surface area (Å²) >= 11 is 0. The third-order valence-electron chi connectivity index (χ3n) is 3.92. The monoisotopic (exact) mass is 262 g/mol. The van der Waals surface area contributed by atoms with Crippen molar-refractivity contribution in [2.45, 2.75) is 44.9 Å². The topological polar surface area (TPSA) is 74.6 Å². The van der Waals surface area contributed by atoms with E-state index in [-0.39, 0.29) is 17.0 Å². The van der Waals surface area contributed by atoms with E-state index in [9.17, 15) is 14.7 Å². The van der Waals surface area contributed by atoms with Gasteiger partial charge < -0.3 is 10.2 Å². The Hall–Kier alpha value is -1.84. The van der Waals surface area contributed by atoms with E-state index < -0.39 is 11.9 Å². The molecule has 1 aliphatic carbocycles. The van der Waals surface area contributed by atoms with Gasteiger partial charge in [0.1, 0.15) is 0 Å². The first-order valence-electron chi connectivity index (χ1n) is 6.62. The van der Waals surface area contributed by atoms with Crippen molar-refractivity contribution < 1.29 is 19.8 Å². The van der Waals surface area contributed by atoms with Crippen LogP contribution < -0.4 is 0 Å². The van der Waals surface area contributed by atoms with Gasteiger partial charge in [-0.3, -0.25) is 0 Å². The van der Waals surface area contributed by atoms with E-state index >= 15 is 0 Å². The SMILES string of the molecule is Cc1ccc(C(=O)O)c(C(=O)O)c1C1CCCCC1. The van der Waals surface area contributed by atoms with Crippen LogP contribution in [-0.4, -0.2) is 22.2 Å². The number of aryl methyl sites for hydroxylation is 1. The molecule has 0 spiro atoms. The fourth-order valence-corrected chi connectivity index (χ4v) is 3.05. The Labute approximate surface area is 112 Å². The largest absolute Gasteiger partial charge is 0.478 e. The van der Waals surface area contributed by atoms with Crippen molar-refractivity contribution in [2.24, 2.45) is 0 Å². The van der Waals surface area contributed by atoms with E-state index in [1.807, 2.05) is 6.92 Å². The molecule has 0 aliphatic heterocycles. The molecule has 0 aromatic heterocycles. The number of hydrogen-bond acceptors (Lipinski definition) is 2. The van der Waals surface area contributed by atoms with Gasteiger partial charge in [-0.2, -0.15) is 0 Å². The van der Waals surface area contributed by atoms with Crippen LogP contribution in [0.25, 0.3) is 0 Å². The molecule has 0 saturated heterocycles. The van der Waals surface area contributed by atoms with E-state index in [0.717, 1.165) is 36.8 Å². The molecule has 0 heterocycles. The number of benzene rings is 1. The third-order valence-corrected chi connectivity index (χ3v) is 3.92. The minimum atomic E-state index is -1.17. The van der Waals surface area contributed by atoms with Crippen molar-refractivity contribution in [3.05, 3.63) is 34.4 Å². The highest BCUT2D eigenvalue weighted by Crippen LogP contribution is 2.37. The van der Waals surface area contributed by atoms with Crippen LogP contribution >= 0.6 is 0 Å². The molecule has 1 aromatic carbocycles. The van der Waals surface area contributed by atoms with E-state index in [2.05, 4.69) is 0 Å². The Morgan fingerprint density at radius 2 is 1.68 bits per heavy atom. The molecule has 4 heteroatoms. The van der Waals surface area contributed by atoms with Crippen LogP contribution in [0.4, 0.5) is 0 Å². The first-order valence-corrected chi connectivity index (χ1v) is 6.62. The number of carboxylic acid groups (broad SMARTS) is 2. The van der Waals surface area contributed by atoms with Gasteiger partial charge in [0.2, 0.25) is 0 Å². The molecule has 0 atom stereocenters. The molecule has 1 saturated carbocycles. The van der Waals surface area contributed by atoms with Crippen molar-refractivity contribution in [1.82, 2.24) is 0 Å². The van der Waals surface area contributed by atoms with E-state index in [1.165, 1.54) is 12.5 Å². The molecule has 0 radical (unpaired) electrons. The Balaban J connectivity index is 2.59. The second-order valence-electron chi connectivity index (χ2n) is 5.16. The Morgan fingerprint density at radius 3 is 2.21 bits per heavy atom. The summed E-state index contributed by atoms with van der Waals surface area (Å²) in [5.74, 6) is -2.13. The molecule has 0 unspecified atom stereocenters. The highest BCUT2D eigenvalue weighted by molar-refractivity contribution is 6.03. The summed E-state index contributed by atoms with van der Waals surface area (Å²) in [5, 5.41) is 18.6. The van der Waals surface area contributed by atoms with Crippen molar-refractivity contribution in [1.29, 1.82) is 0 Å². The maximum Gasteiger partial charge on any atom is 0.336 e. The molecule has 1 aromatic rings. The molecule has 0 bridgehead atoms. The third kappa shape index (κ3) is 2.62. The average Bonchev–Trinajstić information content (AvgIpc) is 2.38. The summed E-state index contributed by atoms with van der Waals surface area (Å²) in [6.45, 7) is 1.86. The van der Waals surface area contributed by atoms with Crippen LogP contribution in [0.1, 0.15) is 69.9 Å². The lowest BCUT2D eigenvalue weighted by Crippen LogP contribution is -2.17. The summed E-state index contributed by atoms with van der Waals surface area (Å²) in [4.78, 5) is 22.7. The molecular formula is C15H18O4. The van der Waals surface area contributed by atoms with E-state index in [0.29, 0.717) is 0 Å². The summed E-state index contributed by atoms with van der Waals surface area (Å²) in [7, 11) is 0. The smallest absolute Gasteiger partial charge is 0.336 e. The van der Waals surface area contributed by atoms with E-state index in [4.69, 9.17) is 5.11 Å². The molecule has 2 N–H and O–H groups in total. The van der Waals surface area contributed by atoms with Crippen LogP contribution in [0.3, 0.4) is 0 Å². The zero-order valence-corrected chi connectivity index (χ0v) is 11.0. The summed E-state index contributed by atoms with van der Waals surface area (Å²) in [6.07, 6.45) is 5.24. The zero-order chi connectivity index (χ0) is 14.0. The number of carbonyl (C=O) groups is 2. The molecule has 1 fully saturated rings. The molecule has 4 nitrogen and oxygen atoms in total. The van der Waals surface area contributed by atoms with Crippen LogP contribution in [0.5, 0.6) is 0 Å². The fraction of sp³-hybridized carbons (Fsp3) is 0.467. The minimum Gasteiger partial charge on any atom is -0.478 e. The quantitative estimate of drug-likeness (QED) is 0.875. The number of hydrogen-bond donors (Lipinski definition) is 2. The Kier molecular flexibility index (Phi) is 3.88. The Morgan fingerprint density at radius 1 is 1.05 bits per heavy atom. The number of rotatable bonds is 3. The summed E-state index contributed by atoms with van der Waals surface area (Å²) in [6, 6.07) is 3.12. The highest BCUT2D eigenvalue weighted by Gasteiger charge is 2.27. The predicted molar refractivity (Wildman–Crippen MR) is 70.9 cm³/mol. The van der Waals surface area contributed by atoms with Gasteiger partial charge in [0, 0.05) is 0 Å². The van der Waals surface area contributed by atoms with Crippen LogP contribution in [-0.2, 0) is 0 Å². The predicted octanol–water partition coefficient (Wildman–Crippen LogP) is 3.44. The molecule has 19 heavy (non-hydrogen) atoms. The van der Waals surface area contributed by atoms with E-state index in [1.54, 1.807) is 6.07 Å². The first kappa shape index (κ1) is 13.6. The lowest BCUT2D eigenvalue weighted by Gasteiger charge is -2.25. The first-order chi connectivity index (χ1) is 9.02. The molecular weight excluding hydrogens is 244 g/mol. The highest BCUT2D eigenvalue weighted by atomic mass is 16.4. The van der Waals surface area contributed by atoms with Crippen LogP contribution in [0, 0.1) is 6.92 Å². The average molecular weight is 262 g/mol. The maximum absolute atomic E-state index is 11.5. The van der Waals surface area contributed by atoms with Crippen molar-refractivity contribution >= 4 is 11.9 Å². The normalized spacial score (nSPS) is 16.3. The van der Waals surface area contributed by atoms with Crippen molar-refractivity contribution in [3.63, 3.8) is 0 Å². The standard InChI is InChI=1S/C15H18O4/c1-9-7-8-11(14(16)17)13(15(18)19)12(9)10-5-3-2-4-6-10/h7-8,10H,2-6H2,1H3,(H,16,17)(H,18,19). The Bertz CT molecular complexity index is 513. The van der Waals surface area contributed by atoms with Gasteiger partial charge in [-0.15, -0.1) is 0 Å². The van der Waals surface area contributed by atoms with Crippen molar-refractivity contribution in [2.75, 3.05) is 0 Å². The second kappa shape index (κ2) is 5.43. The molecule has 102 valence electrons. The van der Waals surface area contributed by atoms with Gasteiger partial charge in [-0.05, 0) is 42.9 Å². The van der Waals surface area contributed by atoms with Gasteiger partial charge in [0.05, 0.1) is 11.1 Å². The van der Waals surface area contributed by atoms with Crippen LogP contribution in [0.2, 0.25) is 0 Å². The second-order valence-corrected chi connectivity index (χ2v) is 5.16. The summed E-state index contributed by atoms with van der Waals surface area (Å²) < 4.78 is 0. The van der Waals surface area contributed by atoms with Gasteiger partial charge in [-0.1, -0.05) is 25.3 Å². The molecule has 2 rings (SSSR count). The van der Waals surface area contributed by atoms with Gasteiger partial charge in [0.15, 0.2) is 0 Å². The number of carboxylic acids is 2. The lowest BCUT2D eigenvalue weighted by atomic mass is 9.79. The lowest BCUT2D eigenvalue weighted by molar-refractivity contribution is 0.0649. The maximum atomic E-state index is 11.5.